The Kier molecular flexibility index (Phi) is 6.88. The zero-order chi connectivity index (χ0) is 20.7. The number of para-hydroxylation sites is 2. The second kappa shape index (κ2) is 9.56. The van der Waals surface area contributed by atoms with Crippen LogP contribution in [0, 0.1) is 0 Å². The topological polar surface area (TPSA) is 76.7 Å². The van der Waals surface area contributed by atoms with Crippen LogP contribution in [0.1, 0.15) is 30.9 Å². The number of methoxy groups -OCH3 is 1. The molecule has 3 rings (SSSR count). The SMILES string of the molecule is CCc1ccccc1NC(=O)C(=O)NCC1(c2ccccc2OC)CCOCC1. The molecule has 2 aromatic carbocycles. The van der Waals surface area contributed by atoms with Gasteiger partial charge in [-0.3, -0.25) is 9.59 Å². The van der Waals surface area contributed by atoms with E-state index in [1.54, 1.807) is 13.2 Å². The smallest absolute Gasteiger partial charge is 0.313 e. The summed E-state index contributed by atoms with van der Waals surface area (Å²) in [5, 5.41) is 5.56. The summed E-state index contributed by atoms with van der Waals surface area (Å²) in [6.45, 7) is 3.56. The first-order valence-corrected chi connectivity index (χ1v) is 9.98. The lowest BCUT2D eigenvalue weighted by Gasteiger charge is -2.38. The minimum Gasteiger partial charge on any atom is -0.496 e. The molecule has 29 heavy (non-hydrogen) atoms. The average Bonchev–Trinajstić information content (AvgIpc) is 2.78. The number of benzene rings is 2. The van der Waals surface area contributed by atoms with Crippen molar-refractivity contribution < 1.29 is 19.1 Å². The molecule has 1 aliphatic rings. The van der Waals surface area contributed by atoms with Gasteiger partial charge in [-0.2, -0.15) is 0 Å². The normalized spacial score (nSPS) is 15.4. The summed E-state index contributed by atoms with van der Waals surface area (Å²) >= 11 is 0. The molecular formula is C23H28N2O4. The largest absolute Gasteiger partial charge is 0.496 e. The molecule has 1 saturated heterocycles. The third kappa shape index (κ3) is 4.77. The fraction of sp³-hybridized carbons (Fsp3) is 0.391. The quantitative estimate of drug-likeness (QED) is 0.736. The maximum absolute atomic E-state index is 12.5. The molecule has 0 atom stereocenters. The highest BCUT2D eigenvalue weighted by molar-refractivity contribution is 6.39. The predicted molar refractivity (Wildman–Crippen MR) is 112 cm³/mol. The lowest BCUT2D eigenvalue weighted by Crippen LogP contribution is -2.47. The lowest BCUT2D eigenvalue weighted by atomic mass is 9.73. The van der Waals surface area contributed by atoms with E-state index in [1.165, 1.54) is 0 Å². The van der Waals surface area contributed by atoms with Crippen LogP contribution in [0.2, 0.25) is 0 Å². The summed E-state index contributed by atoms with van der Waals surface area (Å²) in [4.78, 5) is 25.0. The second-order valence-electron chi connectivity index (χ2n) is 7.24. The van der Waals surface area contributed by atoms with E-state index in [0.717, 1.165) is 36.1 Å². The number of hydrogen-bond acceptors (Lipinski definition) is 4. The fourth-order valence-electron chi connectivity index (χ4n) is 3.85. The molecule has 0 radical (unpaired) electrons. The van der Waals surface area contributed by atoms with Crippen LogP contribution in [0.4, 0.5) is 5.69 Å². The standard InChI is InChI=1S/C23H28N2O4/c1-3-17-8-4-6-10-19(17)25-22(27)21(26)24-16-23(12-14-29-15-13-23)18-9-5-7-11-20(18)28-2/h4-11H,3,12-16H2,1-2H3,(H,24,26)(H,25,27). The molecule has 1 aliphatic heterocycles. The predicted octanol–water partition coefficient (Wildman–Crippen LogP) is 3.06. The maximum atomic E-state index is 12.5. The van der Waals surface area contributed by atoms with Gasteiger partial charge in [-0.15, -0.1) is 0 Å². The molecule has 0 aliphatic carbocycles. The van der Waals surface area contributed by atoms with Gasteiger partial charge in [0.1, 0.15) is 5.75 Å². The Balaban J connectivity index is 1.72. The van der Waals surface area contributed by atoms with Gasteiger partial charge in [-0.05, 0) is 37.0 Å². The van der Waals surface area contributed by atoms with E-state index in [9.17, 15) is 9.59 Å². The van der Waals surface area contributed by atoms with E-state index in [4.69, 9.17) is 9.47 Å². The van der Waals surface area contributed by atoms with Gasteiger partial charge >= 0.3 is 11.8 Å². The molecule has 0 saturated carbocycles. The Labute approximate surface area is 171 Å². The summed E-state index contributed by atoms with van der Waals surface area (Å²) in [5.74, 6) is -0.519. The molecule has 2 amide bonds. The third-order valence-electron chi connectivity index (χ3n) is 5.57. The molecule has 1 fully saturated rings. The minimum atomic E-state index is -0.659. The van der Waals surface area contributed by atoms with Gasteiger partial charge in [0.2, 0.25) is 0 Å². The zero-order valence-electron chi connectivity index (χ0n) is 17.0. The van der Waals surface area contributed by atoms with Crippen molar-refractivity contribution in [2.45, 2.75) is 31.6 Å². The average molecular weight is 396 g/mol. The molecule has 6 nitrogen and oxygen atoms in total. The van der Waals surface area contributed by atoms with Crippen LogP contribution in [0.25, 0.3) is 0 Å². The summed E-state index contributed by atoms with van der Waals surface area (Å²) in [5.41, 5.74) is 2.36. The Bertz CT molecular complexity index is 859. The molecule has 2 aromatic rings. The van der Waals surface area contributed by atoms with E-state index in [-0.39, 0.29) is 5.41 Å². The van der Waals surface area contributed by atoms with Gasteiger partial charge in [0.15, 0.2) is 0 Å². The van der Waals surface area contributed by atoms with Gasteiger partial charge in [0.05, 0.1) is 7.11 Å². The highest BCUT2D eigenvalue weighted by Crippen LogP contribution is 2.39. The number of hydrogen-bond donors (Lipinski definition) is 2. The highest BCUT2D eigenvalue weighted by Gasteiger charge is 2.37. The first-order valence-electron chi connectivity index (χ1n) is 9.98. The number of anilines is 1. The molecule has 6 heteroatoms. The molecule has 0 spiro atoms. The van der Waals surface area contributed by atoms with Crippen LogP contribution in [-0.4, -0.2) is 38.7 Å². The van der Waals surface area contributed by atoms with Crippen molar-refractivity contribution >= 4 is 17.5 Å². The Morgan fingerprint density at radius 1 is 1.03 bits per heavy atom. The van der Waals surface area contributed by atoms with E-state index in [1.807, 2.05) is 49.4 Å². The van der Waals surface area contributed by atoms with Crippen LogP contribution in [0.15, 0.2) is 48.5 Å². The van der Waals surface area contributed by atoms with Gasteiger partial charge < -0.3 is 20.1 Å². The van der Waals surface area contributed by atoms with E-state index >= 15 is 0 Å². The molecule has 0 bridgehead atoms. The van der Waals surface area contributed by atoms with Crippen LogP contribution in [0.5, 0.6) is 5.75 Å². The number of nitrogens with one attached hydrogen (secondary N) is 2. The van der Waals surface area contributed by atoms with Crippen LogP contribution in [-0.2, 0) is 26.2 Å². The van der Waals surface area contributed by atoms with Crippen LogP contribution < -0.4 is 15.4 Å². The summed E-state index contributed by atoms with van der Waals surface area (Å²) in [6, 6.07) is 15.3. The molecule has 0 unspecified atom stereocenters. The van der Waals surface area contributed by atoms with E-state index in [2.05, 4.69) is 10.6 Å². The van der Waals surface area contributed by atoms with Gasteiger partial charge in [0, 0.05) is 36.4 Å². The van der Waals surface area contributed by atoms with Crippen molar-refractivity contribution in [1.29, 1.82) is 0 Å². The van der Waals surface area contributed by atoms with Crippen LogP contribution >= 0.6 is 0 Å². The van der Waals surface area contributed by atoms with Crippen LogP contribution in [0.3, 0.4) is 0 Å². The first kappa shape index (κ1) is 20.9. The molecule has 154 valence electrons. The lowest BCUT2D eigenvalue weighted by molar-refractivity contribution is -0.136. The van der Waals surface area contributed by atoms with Crippen molar-refractivity contribution in [3.63, 3.8) is 0 Å². The minimum absolute atomic E-state index is 0.331. The summed E-state index contributed by atoms with van der Waals surface area (Å²) < 4.78 is 11.1. The zero-order valence-corrected chi connectivity index (χ0v) is 17.0. The maximum Gasteiger partial charge on any atom is 0.313 e. The van der Waals surface area contributed by atoms with Gasteiger partial charge in [0.25, 0.3) is 0 Å². The molecular weight excluding hydrogens is 368 g/mol. The summed E-state index contributed by atoms with van der Waals surface area (Å²) in [6.07, 6.45) is 2.26. The van der Waals surface area contributed by atoms with Crippen molar-refractivity contribution in [1.82, 2.24) is 5.32 Å². The van der Waals surface area contributed by atoms with Crippen molar-refractivity contribution in [2.75, 3.05) is 32.2 Å². The first-order chi connectivity index (χ1) is 14.1. The van der Waals surface area contributed by atoms with E-state index in [0.29, 0.717) is 25.4 Å². The highest BCUT2D eigenvalue weighted by atomic mass is 16.5. The number of ether oxygens (including phenoxy) is 2. The molecule has 0 aromatic heterocycles. The fourth-order valence-corrected chi connectivity index (χ4v) is 3.85. The third-order valence-corrected chi connectivity index (χ3v) is 5.57. The van der Waals surface area contributed by atoms with Crippen molar-refractivity contribution in [3.8, 4) is 5.75 Å². The number of aryl methyl sites for hydroxylation is 1. The Morgan fingerprint density at radius 3 is 2.45 bits per heavy atom. The number of amides is 2. The molecule has 1 heterocycles. The van der Waals surface area contributed by atoms with Gasteiger partial charge in [-0.25, -0.2) is 0 Å². The Hall–Kier alpha value is -2.86. The van der Waals surface area contributed by atoms with Crippen molar-refractivity contribution in [2.24, 2.45) is 0 Å². The van der Waals surface area contributed by atoms with Gasteiger partial charge in [-0.1, -0.05) is 43.3 Å². The van der Waals surface area contributed by atoms with E-state index < -0.39 is 11.8 Å². The number of carbonyl (C=O) groups excluding carboxylic acids is 2. The molecule has 2 N–H and O–H groups in total. The summed E-state index contributed by atoms with van der Waals surface area (Å²) in [7, 11) is 1.64. The monoisotopic (exact) mass is 396 g/mol. The van der Waals surface area contributed by atoms with Crippen molar-refractivity contribution in [3.05, 3.63) is 59.7 Å². The number of rotatable bonds is 6. The Morgan fingerprint density at radius 2 is 1.72 bits per heavy atom. The number of carbonyl (C=O) groups is 2. The second-order valence-corrected chi connectivity index (χ2v) is 7.24.